The Kier molecular flexibility index (Phi) is 3.06. The SMILES string of the molecule is Cc1cccc(C2=CC(C)c3cc(C)ccc3C2=O)c1. The van der Waals surface area contributed by atoms with Crippen LogP contribution in [0.25, 0.3) is 5.57 Å². The number of carbonyl (C=O) groups excluding carboxylic acids is 1. The van der Waals surface area contributed by atoms with Crippen LogP contribution in [0, 0.1) is 13.8 Å². The highest BCUT2D eigenvalue weighted by Crippen LogP contribution is 2.34. The minimum atomic E-state index is 0.142. The minimum absolute atomic E-state index is 0.142. The van der Waals surface area contributed by atoms with Gasteiger partial charge >= 0.3 is 0 Å². The molecule has 0 aliphatic heterocycles. The van der Waals surface area contributed by atoms with Gasteiger partial charge in [0, 0.05) is 17.1 Å². The first-order chi connectivity index (χ1) is 9.56. The Hall–Kier alpha value is -2.15. The van der Waals surface area contributed by atoms with Crippen molar-refractivity contribution in [2.75, 3.05) is 0 Å². The molecule has 1 aliphatic carbocycles. The Labute approximate surface area is 120 Å². The van der Waals surface area contributed by atoms with Crippen LogP contribution in [0.15, 0.2) is 48.5 Å². The van der Waals surface area contributed by atoms with Gasteiger partial charge in [0.2, 0.25) is 0 Å². The van der Waals surface area contributed by atoms with Gasteiger partial charge in [-0.2, -0.15) is 0 Å². The summed E-state index contributed by atoms with van der Waals surface area (Å²) in [6, 6.07) is 14.3. The lowest BCUT2D eigenvalue weighted by Gasteiger charge is -2.22. The molecule has 0 spiro atoms. The summed E-state index contributed by atoms with van der Waals surface area (Å²) in [5, 5.41) is 0. The first-order valence-electron chi connectivity index (χ1n) is 7.00. The van der Waals surface area contributed by atoms with Crippen LogP contribution in [0.4, 0.5) is 0 Å². The van der Waals surface area contributed by atoms with Gasteiger partial charge in [0.25, 0.3) is 0 Å². The average molecular weight is 262 g/mol. The molecule has 0 bridgehead atoms. The third-order valence-electron chi connectivity index (χ3n) is 3.93. The van der Waals surface area contributed by atoms with Crippen molar-refractivity contribution < 1.29 is 4.79 Å². The number of benzene rings is 2. The number of fused-ring (bicyclic) bond motifs is 1. The van der Waals surface area contributed by atoms with Crippen molar-refractivity contribution in [1.82, 2.24) is 0 Å². The normalized spacial score (nSPS) is 17.6. The van der Waals surface area contributed by atoms with Crippen LogP contribution in [-0.4, -0.2) is 5.78 Å². The molecule has 1 heteroatoms. The van der Waals surface area contributed by atoms with Crippen LogP contribution in [0.5, 0.6) is 0 Å². The Balaban J connectivity index is 2.13. The summed E-state index contributed by atoms with van der Waals surface area (Å²) in [5.41, 5.74) is 6.23. The van der Waals surface area contributed by atoms with Crippen LogP contribution in [-0.2, 0) is 0 Å². The quantitative estimate of drug-likeness (QED) is 0.729. The van der Waals surface area contributed by atoms with E-state index in [1.165, 1.54) is 11.1 Å². The number of carbonyl (C=O) groups is 1. The van der Waals surface area contributed by atoms with E-state index in [1.54, 1.807) is 0 Å². The Bertz CT molecular complexity index is 722. The second kappa shape index (κ2) is 4.75. The first kappa shape index (κ1) is 12.9. The summed E-state index contributed by atoms with van der Waals surface area (Å²) >= 11 is 0. The smallest absolute Gasteiger partial charge is 0.193 e. The van der Waals surface area contributed by atoms with Gasteiger partial charge < -0.3 is 0 Å². The highest BCUT2D eigenvalue weighted by Gasteiger charge is 2.25. The van der Waals surface area contributed by atoms with Crippen molar-refractivity contribution in [2.24, 2.45) is 0 Å². The van der Waals surface area contributed by atoms with E-state index in [0.29, 0.717) is 0 Å². The van der Waals surface area contributed by atoms with E-state index in [9.17, 15) is 4.79 Å². The second-order valence-corrected chi connectivity index (χ2v) is 5.66. The average Bonchev–Trinajstić information content (AvgIpc) is 2.42. The lowest BCUT2D eigenvalue weighted by Crippen LogP contribution is -2.14. The number of ketones is 1. The molecule has 1 unspecified atom stereocenters. The fourth-order valence-corrected chi connectivity index (χ4v) is 2.87. The molecule has 0 saturated heterocycles. The van der Waals surface area contributed by atoms with E-state index in [4.69, 9.17) is 0 Å². The maximum atomic E-state index is 12.7. The first-order valence-corrected chi connectivity index (χ1v) is 7.00. The Morgan fingerprint density at radius 2 is 1.70 bits per heavy atom. The van der Waals surface area contributed by atoms with E-state index in [1.807, 2.05) is 24.3 Å². The molecule has 0 saturated carbocycles. The molecule has 0 aromatic heterocycles. The van der Waals surface area contributed by atoms with Gasteiger partial charge in [-0.3, -0.25) is 4.79 Å². The Morgan fingerprint density at radius 1 is 0.950 bits per heavy atom. The third-order valence-corrected chi connectivity index (χ3v) is 3.93. The standard InChI is InChI=1S/C19H18O/c1-12-5-4-6-15(9-12)18-11-14(3)17-10-13(2)7-8-16(17)19(18)20/h4-11,14H,1-3H3. The summed E-state index contributed by atoms with van der Waals surface area (Å²) < 4.78 is 0. The van der Waals surface area contributed by atoms with E-state index < -0.39 is 0 Å². The highest BCUT2D eigenvalue weighted by molar-refractivity contribution is 6.30. The third kappa shape index (κ3) is 2.09. The summed E-state index contributed by atoms with van der Waals surface area (Å²) in [6.45, 7) is 6.27. The molecule has 2 aromatic carbocycles. The van der Waals surface area contributed by atoms with Gasteiger partial charge in [0.15, 0.2) is 5.78 Å². The lowest BCUT2D eigenvalue weighted by atomic mass is 9.81. The van der Waals surface area contributed by atoms with Gasteiger partial charge in [0.1, 0.15) is 0 Å². The van der Waals surface area contributed by atoms with Crippen molar-refractivity contribution in [3.05, 3.63) is 76.4 Å². The van der Waals surface area contributed by atoms with E-state index in [0.717, 1.165) is 22.3 Å². The molecule has 20 heavy (non-hydrogen) atoms. The maximum Gasteiger partial charge on any atom is 0.193 e. The molecule has 1 nitrogen and oxygen atoms in total. The topological polar surface area (TPSA) is 17.1 Å². The Morgan fingerprint density at radius 3 is 2.45 bits per heavy atom. The summed E-state index contributed by atoms with van der Waals surface area (Å²) in [7, 11) is 0. The molecule has 0 radical (unpaired) electrons. The molecule has 100 valence electrons. The minimum Gasteiger partial charge on any atom is -0.289 e. The lowest BCUT2D eigenvalue weighted by molar-refractivity contribution is 0.105. The van der Waals surface area contributed by atoms with Gasteiger partial charge in [-0.1, -0.05) is 66.6 Å². The van der Waals surface area contributed by atoms with Gasteiger partial charge in [0.05, 0.1) is 0 Å². The van der Waals surface area contributed by atoms with Crippen molar-refractivity contribution in [3.63, 3.8) is 0 Å². The molecule has 0 N–H and O–H groups in total. The summed E-state index contributed by atoms with van der Waals surface area (Å²) in [5.74, 6) is 0.418. The number of allylic oxidation sites excluding steroid dienone is 2. The number of aryl methyl sites for hydroxylation is 2. The number of Topliss-reactive ketones (excluding diaryl/α,β-unsaturated/α-hetero) is 1. The molecule has 0 heterocycles. The summed E-state index contributed by atoms with van der Waals surface area (Å²) in [4.78, 5) is 12.7. The fraction of sp³-hybridized carbons (Fsp3) is 0.211. The van der Waals surface area contributed by atoms with Crippen LogP contribution in [0.1, 0.15) is 45.5 Å². The van der Waals surface area contributed by atoms with E-state index in [2.05, 4.69) is 45.0 Å². The van der Waals surface area contributed by atoms with Crippen molar-refractivity contribution in [3.8, 4) is 0 Å². The van der Waals surface area contributed by atoms with Gasteiger partial charge in [-0.15, -0.1) is 0 Å². The van der Waals surface area contributed by atoms with Gasteiger partial charge in [-0.25, -0.2) is 0 Å². The molecule has 0 fully saturated rings. The molecule has 1 atom stereocenters. The second-order valence-electron chi connectivity index (χ2n) is 5.66. The number of hydrogen-bond acceptors (Lipinski definition) is 1. The monoisotopic (exact) mass is 262 g/mol. The molecular weight excluding hydrogens is 244 g/mol. The molecule has 1 aliphatic rings. The zero-order valence-corrected chi connectivity index (χ0v) is 12.1. The molecule has 3 rings (SSSR count). The largest absolute Gasteiger partial charge is 0.289 e. The molecular formula is C19H18O. The van der Waals surface area contributed by atoms with E-state index in [-0.39, 0.29) is 11.7 Å². The number of hydrogen-bond donors (Lipinski definition) is 0. The highest BCUT2D eigenvalue weighted by atomic mass is 16.1. The van der Waals surface area contributed by atoms with E-state index >= 15 is 0 Å². The maximum absolute atomic E-state index is 12.7. The predicted molar refractivity (Wildman–Crippen MR) is 83.1 cm³/mol. The summed E-state index contributed by atoms with van der Waals surface area (Å²) in [6.07, 6.45) is 2.10. The zero-order chi connectivity index (χ0) is 14.3. The van der Waals surface area contributed by atoms with Crippen LogP contribution in [0.3, 0.4) is 0 Å². The van der Waals surface area contributed by atoms with Crippen molar-refractivity contribution >= 4 is 11.4 Å². The fourth-order valence-electron chi connectivity index (χ4n) is 2.87. The molecule has 2 aromatic rings. The van der Waals surface area contributed by atoms with Crippen LogP contribution >= 0.6 is 0 Å². The van der Waals surface area contributed by atoms with Crippen LogP contribution < -0.4 is 0 Å². The van der Waals surface area contributed by atoms with Crippen molar-refractivity contribution in [2.45, 2.75) is 26.7 Å². The zero-order valence-electron chi connectivity index (χ0n) is 12.1. The van der Waals surface area contributed by atoms with Crippen molar-refractivity contribution in [1.29, 1.82) is 0 Å². The number of rotatable bonds is 1. The van der Waals surface area contributed by atoms with Gasteiger partial charge in [-0.05, 0) is 25.0 Å². The molecule has 0 amide bonds. The predicted octanol–water partition coefficient (Wildman–Crippen LogP) is 4.69. The van der Waals surface area contributed by atoms with Crippen LogP contribution in [0.2, 0.25) is 0 Å².